The molecule has 0 radical (unpaired) electrons. The number of nitrogens with one attached hydrogen (secondary N) is 1. The molecule has 6 nitrogen and oxygen atoms in total. The highest BCUT2D eigenvalue weighted by atomic mass is 35.5. The van der Waals surface area contributed by atoms with E-state index in [2.05, 4.69) is 5.32 Å². The van der Waals surface area contributed by atoms with E-state index in [0.717, 1.165) is 5.56 Å². The molecule has 0 aliphatic carbocycles. The van der Waals surface area contributed by atoms with Gasteiger partial charge in [-0.1, -0.05) is 23.7 Å². The van der Waals surface area contributed by atoms with E-state index in [4.69, 9.17) is 21.1 Å². The number of amides is 2. The quantitative estimate of drug-likeness (QED) is 0.820. The van der Waals surface area contributed by atoms with Crippen molar-refractivity contribution < 1.29 is 23.5 Å². The molecule has 0 aromatic heterocycles. The van der Waals surface area contributed by atoms with Gasteiger partial charge in [-0.2, -0.15) is 0 Å². The fourth-order valence-corrected chi connectivity index (χ4v) is 2.90. The average Bonchev–Trinajstić information content (AvgIpc) is 3.14. The van der Waals surface area contributed by atoms with Gasteiger partial charge in [0, 0.05) is 18.7 Å². The molecule has 142 valence electrons. The molecule has 0 fully saturated rings. The molecule has 0 spiro atoms. The molecule has 2 amide bonds. The Morgan fingerprint density at radius 2 is 1.96 bits per heavy atom. The lowest BCUT2D eigenvalue weighted by Gasteiger charge is -2.20. The molecule has 0 bridgehead atoms. The Hall–Kier alpha value is -2.80. The van der Waals surface area contributed by atoms with Gasteiger partial charge in [0.05, 0.1) is 11.6 Å². The van der Waals surface area contributed by atoms with Gasteiger partial charge in [-0.15, -0.1) is 0 Å². The van der Waals surface area contributed by atoms with E-state index in [1.54, 1.807) is 25.1 Å². The Labute approximate surface area is 160 Å². The number of halogens is 2. The number of ether oxygens (including phenoxy) is 2. The highest BCUT2D eigenvalue weighted by molar-refractivity contribution is 6.32. The molecule has 1 heterocycles. The zero-order chi connectivity index (χ0) is 19.4. The number of carbonyl (C=O) groups is 2. The van der Waals surface area contributed by atoms with E-state index in [-0.39, 0.29) is 42.5 Å². The zero-order valence-electron chi connectivity index (χ0n) is 14.6. The van der Waals surface area contributed by atoms with Gasteiger partial charge in [0.25, 0.3) is 5.91 Å². The van der Waals surface area contributed by atoms with Crippen molar-refractivity contribution in [1.29, 1.82) is 0 Å². The first-order chi connectivity index (χ1) is 13.0. The van der Waals surface area contributed by atoms with Crippen LogP contribution in [0, 0.1) is 5.82 Å². The third-order valence-electron chi connectivity index (χ3n) is 4.08. The standard InChI is InChI=1S/C19H18ClFN2O4/c1-2-23(10-17(24)22-9-12-3-5-14(21)6-4-12)19(25)13-7-15(20)18-16(8-13)26-11-27-18/h3-8H,2,9-11H2,1H3,(H,22,24). The fraction of sp³-hybridized carbons (Fsp3) is 0.263. The highest BCUT2D eigenvalue weighted by Gasteiger charge is 2.23. The summed E-state index contributed by atoms with van der Waals surface area (Å²) in [6, 6.07) is 8.88. The van der Waals surface area contributed by atoms with Crippen LogP contribution >= 0.6 is 11.6 Å². The molecular weight excluding hydrogens is 375 g/mol. The van der Waals surface area contributed by atoms with Gasteiger partial charge < -0.3 is 19.7 Å². The molecule has 3 rings (SSSR count). The Kier molecular flexibility index (Phi) is 5.81. The maximum Gasteiger partial charge on any atom is 0.254 e. The van der Waals surface area contributed by atoms with Crippen LogP contribution < -0.4 is 14.8 Å². The maximum absolute atomic E-state index is 12.9. The van der Waals surface area contributed by atoms with Crippen molar-refractivity contribution in [3.8, 4) is 11.5 Å². The van der Waals surface area contributed by atoms with Crippen molar-refractivity contribution in [3.63, 3.8) is 0 Å². The molecule has 8 heteroatoms. The molecule has 27 heavy (non-hydrogen) atoms. The van der Waals surface area contributed by atoms with Crippen LogP contribution in [0.4, 0.5) is 4.39 Å². The number of hydrogen-bond donors (Lipinski definition) is 1. The van der Waals surface area contributed by atoms with Crippen LogP contribution in [0.2, 0.25) is 5.02 Å². The van der Waals surface area contributed by atoms with Crippen LogP contribution in [0.5, 0.6) is 11.5 Å². The van der Waals surface area contributed by atoms with Crippen molar-refractivity contribution in [2.24, 2.45) is 0 Å². The van der Waals surface area contributed by atoms with E-state index >= 15 is 0 Å². The van der Waals surface area contributed by atoms with Crippen LogP contribution in [-0.4, -0.2) is 36.6 Å². The predicted octanol–water partition coefficient (Wildman–Crippen LogP) is 2.99. The SMILES string of the molecule is CCN(CC(=O)NCc1ccc(F)cc1)C(=O)c1cc(Cl)c2c(c1)OCO2. The lowest BCUT2D eigenvalue weighted by Crippen LogP contribution is -2.40. The number of carbonyl (C=O) groups excluding carboxylic acids is 2. The minimum absolute atomic E-state index is 0.0516. The third kappa shape index (κ3) is 4.49. The van der Waals surface area contributed by atoms with Gasteiger partial charge in [-0.05, 0) is 36.8 Å². The molecular formula is C19H18ClFN2O4. The average molecular weight is 393 g/mol. The maximum atomic E-state index is 12.9. The third-order valence-corrected chi connectivity index (χ3v) is 4.36. The first-order valence-corrected chi connectivity index (χ1v) is 8.75. The number of benzene rings is 2. The zero-order valence-corrected chi connectivity index (χ0v) is 15.4. The summed E-state index contributed by atoms with van der Waals surface area (Å²) in [4.78, 5) is 26.3. The molecule has 1 aliphatic rings. The first-order valence-electron chi connectivity index (χ1n) is 8.37. The van der Waals surface area contributed by atoms with Crippen molar-refractivity contribution in [2.45, 2.75) is 13.5 Å². The van der Waals surface area contributed by atoms with Crippen molar-refractivity contribution >= 4 is 23.4 Å². The Morgan fingerprint density at radius 3 is 2.67 bits per heavy atom. The minimum atomic E-state index is -0.338. The van der Waals surface area contributed by atoms with E-state index in [1.807, 2.05) is 0 Å². The molecule has 0 saturated heterocycles. The largest absolute Gasteiger partial charge is 0.454 e. The summed E-state index contributed by atoms with van der Waals surface area (Å²) >= 11 is 6.12. The van der Waals surface area contributed by atoms with Crippen molar-refractivity contribution in [3.05, 3.63) is 58.4 Å². The molecule has 2 aromatic rings. The summed E-state index contributed by atoms with van der Waals surface area (Å²) in [6.07, 6.45) is 0. The van der Waals surface area contributed by atoms with E-state index in [0.29, 0.717) is 23.6 Å². The second kappa shape index (κ2) is 8.26. The molecule has 1 N–H and O–H groups in total. The second-order valence-corrected chi connectivity index (χ2v) is 6.32. The van der Waals surface area contributed by atoms with Crippen molar-refractivity contribution in [2.75, 3.05) is 19.9 Å². The van der Waals surface area contributed by atoms with Crippen molar-refractivity contribution in [1.82, 2.24) is 10.2 Å². The number of nitrogens with zero attached hydrogens (tertiary/aromatic N) is 1. The summed E-state index contributed by atoms with van der Waals surface area (Å²) in [5.41, 5.74) is 1.08. The summed E-state index contributed by atoms with van der Waals surface area (Å²) in [5.74, 6) is -0.179. The molecule has 0 atom stereocenters. The number of fused-ring (bicyclic) bond motifs is 1. The molecule has 1 aliphatic heterocycles. The van der Waals surface area contributed by atoms with E-state index in [1.165, 1.54) is 23.1 Å². The fourth-order valence-electron chi connectivity index (χ4n) is 2.63. The Morgan fingerprint density at radius 1 is 1.22 bits per heavy atom. The van der Waals surface area contributed by atoms with Gasteiger partial charge in [0.1, 0.15) is 5.82 Å². The molecule has 0 unspecified atom stereocenters. The van der Waals surface area contributed by atoms with E-state index < -0.39 is 0 Å². The topological polar surface area (TPSA) is 67.9 Å². The predicted molar refractivity (Wildman–Crippen MR) is 97.4 cm³/mol. The number of likely N-dealkylation sites (N-methyl/N-ethyl adjacent to an activating group) is 1. The minimum Gasteiger partial charge on any atom is -0.454 e. The summed E-state index contributed by atoms with van der Waals surface area (Å²) in [6.45, 7) is 2.31. The van der Waals surface area contributed by atoms with Gasteiger partial charge in [0.2, 0.25) is 12.7 Å². The van der Waals surface area contributed by atoms with Crippen LogP contribution in [-0.2, 0) is 11.3 Å². The summed E-state index contributed by atoms with van der Waals surface area (Å²) in [5, 5.41) is 3.00. The van der Waals surface area contributed by atoms with Crippen LogP contribution in [0.15, 0.2) is 36.4 Å². The molecule has 2 aromatic carbocycles. The van der Waals surface area contributed by atoms with E-state index in [9.17, 15) is 14.0 Å². The summed E-state index contributed by atoms with van der Waals surface area (Å²) < 4.78 is 23.4. The van der Waals surface area contributed by atoms with Crippen LogP contribution in [0.3, 0.4) is 0 Å². The van der Waals surface area contributed by atoms with Crippen LogP contribution in [0.25, 0.3) is 0 Å². The first kappa shape index (κ1) is 19.0. The smallest absolute Gasteiger partial charge is 0.254 e. The van der Waals surface area contributed by atoms with Gasteiger partial charge >= 0.3 is 0 Å². The number of rotatable bonds is 6. The summed E-state index contributed by atoms with van der Waals surface area (Å²) in [7, 11) is 0. The lowest BCUT2D eigenvalue weighted by atomic mass is 10.1. The van der Waals surface area contributed by atoms with Gasteiger partial charge in [-0.3, -0.25) is 9.59 Å². The van der Waals surface area contributed by atoms with Crippen LogP contribution in [0.1, 0.15) is 22.8 Å². The lowest BCUT2D eigenvalue weighted by molar-refractivity contribution is -0.121. The Balaban J connectivity index is 1.62. The normalized spacial score (nSPS) is 12.0. The highest BCUT2D eigenvalue weighted by Crippen LogP contribution is 2.40. The number of hydrogen-bond acceptors (Lipinski definition) is 4. The Bertz CT molecular complexity index is 858. The van der Waals surface area contributed by atoms with Gasteiger partial charge in [-0.25, -0.2) is 4.39 Å². The monoisotopic (exact) mass is 392 g/mol. The molecule has 0 saturated carbocycles. The second-order valence-electron chi connectivity index (χ2n) is 5.91. The van der Waals surface area contributed by atoms with Gasteiger partial charge in [0.15, 0.2) is 11.5 Å².